The van der Waals surface area contributed by atoms with Crippen molar-refractivity contribution in [3.05, 3.63) is 28.3 Å². The Hall–Kier alpha value is -2.12. The summed E-state index contributed by atoms with van der Waals surface area (Å²) in [7, 11) is -1.92. The first kappa shape index (κ1) is 22.6. The number of hydrogen-bond acceptors (Lipinski definition) is 9. The standard InChI is InChI=1S/C18H28N6O5S/c1-21-6-4-15(5-7-21)19-20-17-3-2-16(24(26)27)14-18(17)30(28,29)23-10-8-22(9-11-23)12-13-25/h2-3,14,20,25H,4-13H2,1H3. The van der Waals surface area contributed by atoms with Crippen molar-refractivity contribution < 1.29 is 18.4 Å². The summed E-state index contributed by atoms with van der Waals surface area (Å²) < 4.78 is 27.9. The summed E-state index contributed by atoms with van der Waals surface area (Å²) in [6.07, 6.45) is 1.57. The highest BCUT2D eigenvalue weighted by Gasteiger charge is 2.31. The van der Waals surface area contributed by atoms with E-state index in [2.05, 4.69) is 15.4 Å². The molecule has 0 radical (unpaired) electrons. The molecule has 30 heavy (non-hydrogen) atoms. The number of anilines is 1. The van der Waals surface area contributed by atoms with Gasteiger partial charge in [-0.3, -0.25) is 20.4 Å². The number of nitro benzene ring substituents is 1. The molecule has 0 bridgehead atoms. The lowest BCUT2D eigenvalue weighted by atomic mass is 10.1. The van der Waals surface area contributed by atoms with Gasteiger partial charge in [0.25, 0.3) is 5.69 Å². The van der Waals surface area contributed by atoms with E-state index < -0.39 is 14.9 Å². The Morgan fingerprint density at radius 2 is 1.83 bits per heavy atom. The van der Waals surface area contributed by atoms with Crippen LogP contribution in [-0.2, 0) is 10.0 Å². The summed E-state index contributed by atoms with van der Waals surface area (Å²) in [5.74, 6) is 0. The normalized spacial score (nSPS) is 19.6. The molecule has 2 saturated heterocycles. The monoisotopic (exact) mass is 440 g/mol. The van der Waals surface area contributed by atoms with Crippen LogP contribution in [0.15, 0.2) is 28.2 Å². The minimum atomic E-state index is -3.95. The van der Waals surface area contributed by atoms with E-state index in [-0.39, 0.29) is 36.0 Å². The predicted molar refractivity (Wildman–Crippen MR) is 113 cm³/mol. The number of rotatable bonds is 7. The van der Waals surface area contributed by atoms with Crippen LogP contribution in [0.3, 0.4) is 0 Å². The molecule has 0 amide bonds. The molecule has 0 spiro atoms. The molecule has 1 aromatic carbocycles. The molecule has 2 heterocycles. The molecule has 2 aliphatic heterocycles. The van der Waals surface area contributed by atoms with Gasteiger partial charge in [-0.15, -0.1) is 0 Å². The van der Waals surface area contributed by atoms with Crippen molar-refractivity contribution in [3.63, 3.8) is 0 Å². The van der Waals surface area contributed by atoms with Crippen LogP contribution >= 0.6 is 0 Å². The number of nitro groups is 1. The number of likely N-dealkylation sites (tertiary alicyclic amines) is 1. The molecular formula is C18H28N6O5S. The van der Waals surface area contributed by atoms with Crippen molar-refractivity contribution in [1.82, 2.24) is 14.1 Å². The average molecular weight is 441 g/mol. The summed E-state index contributed by atoms with van der Waals surface area (Å²) in [4.78, 5) is 14.6. The van der Waals surface area contributed by atoms with Gasteiger partial charge in [-0.1, -0.05) is 0 Å². The average Bonchev–Trinajstić information content (AvgIpc) is 2.74. The maximum Gasteiger partial charge on any atom is 0.270 e. The van der Waals surface area contributed by atoms with E-state index in [1.807, 2.05) is 11.9 Å². The van der Waals surface area contributed by atoms with Gasteiger partial charge in [0, 0.05) is 76.5 Å². The second kappa shape index (κ2) is 9.79. The Balaban J connectivity index is 1.85. The van der Waals surface area contributed by atoms with Gasteiger partial charge in [0.15, 0.2) is 0 Å². The van der Waals surface area contributed by atoms with Crippen LogP contribution in [0.2, 0.25) is 0 Å². The molecule has 11 nitrogen and oxygen atoms in total. The number of hydrazone groups is 1. The van der Waals surface area contributed by atoms with Crippen LogP contribution in [0.25, 0.3) is 0 Å². The Bertz CT molecular complexity index is 888. The van der Waals surface area contributed by atoms with E-state index in [1.165, 1.54) is 16.4 Å². The second-order valence-electron chi connectivity index (χ2n) is 7.50. The van der Waals surface area contributed by atoms with E-state index in [0.29, 0.717) is 19.6 Å². The molecule has 2 fully saturated rings. The summed E-state index contributed by atoms with van der Waals surface area (Å²) >= 11 is 0. The minimum Gasteiger partial charge on any atom is -0.395 e. The number of aliphatic hydroxyl groups excluding tert-OH is 1. The van der Waals surface area contributed by atoms with Gasteiger partial charge in [0.1, 0.15) is 4.90 Å². The molecule has 3 rings (SSSR count). The molecule has 0 aromatic heterocycles. The van der Waals surface area contributed by atoms with Gasteiger partial charge in [-0.05, 0) is 13.1 Å². The van der Waals surface area contributed by atoms with E-state index in [9.17, 15) is 18.5 Å². The van der Waals surface area contributed by atoms with Gasteiger partial charge in [-0.2, -0.15) is 9.41 Å². The highest BCUT2D eigenvalue weighted by Crippen LogP contribution is 2.30. The van der Waals surface area contributed by atoms with E-state index >= 15 is 0 Å². The number of benzene rings is 1. The summed E-state index contributed by atoms with van der Waals surface area (Å²) in [6, 6.07) is 3.76. The van der Waals surface area contributed by atoms with Crippen LogP contribution in [-0.4, -0.2) is 97.7 Å². The molecule has 0 unspecified atom stereocenters. The van der Waals surface area contributed by atoms with Crippen molar-refractivity contribution >= 4 is 27.1 Å². The fourth-order valence-electron chi connectivity index (χ4n) is 3.53. The van der Waals surface area contributed by atoms with Gasteiger partial charge in [-0.25, -0.2) is 8.42 Å². The Labute approximate surface area is 176 Å². The lowest BCUT2D eigenvalue weighted by Gasteiger charge is -2.33. The second-order valence-corrected chi connectivity index (χ2v) is 9.41. The first-order valence-electron chi connectivity index (χ1n) is 9.93. The fraction of sp³-hybridized carbons (Fsp3) is 0.611. The van der Waals surface area contributed by atoms with Gasteiger partial charge in [0.05, 0.1) is 17.2 Å². The third-order valence-electron chi connectivity index (χ3n) is 5.44. The number of aliphatic hydroxyl groups is 1. The minimum absolute atomic E-state index is 0.0157. The molecule has 0 aliphatic carbocycles. The number of piperazine rings is 1. The molecule has 166 valence electrons. The first-order chi connectivity index (χ1) is 14.3. The summed E-state index contributed by atoms with van der Waals surface area (Å²) in [6.45, 7) is 3.76. The van der Waals surface area contributed by atoms with E-state index in [0.717, 1.165) is 37.7 Å². The molecule has 1 aromatic rings. The number of sulfonamides is 1. The Kier molecular flexibility index (Phi) is 7.36. The van der Waals surface area contributed by atoms with Crippen LogP contribution in [0, 0.1) is 10.1 Å². The van der Waals surface area contributed by atoms with Gasteiger partial charge >= 0.3 is 0 Å². The zero-order chi connectivity index (χ0) is 21.7. The molecule has 0 atom stereocenters. The molecule has 2 N–H and O–H groups in total. The largest absolute Gasteiger partial charge is 0.395 e. The van der Waals surface area contributed by atoms with Gasteiger partial charge < -0.3 is 10.0 Å². The lowest BCUT2D eigenvalue weighted by molar-refractivity contribution is -0.385. The third-order valence-corrected chi connectivity index (χ3v) is 7.38. The quantitative estimate of drug-likeness (QED) is 0.460. The number of piperidine rings is 1. The van der Waals surface area contributed by atoms with Crippen LogP contribution in [0.1, 0.15) is 12.8 Å². The van der Waals surface area contributed by atoms with Crippen molar-refractivity contribution in [1.29, 1.82) is 0 Å². The van der Waals surface area contributed by atoms with E-state index in [1.54, 1.807) is 0 Å². The van der Waals surface area contributed by atoms with Crippen molar-refractivity contribution in [2.45, 2.75) is 17.7 Å². The van der Waals surface area contributed by atoms with Crippen LogP contribution in [0.5, 0.6) is 0 Å². The number of β-amino-alcohol motifs (C(OH)–C–C–N with tert-alkyl or cyclic N) is 1. The van der Waals surface area contributed by atoms with Crippen molar-refractivity contribution in [2.24, 2.45) is 5.10 Å². The SMILES string of the molecule is CN1CCC(=NNc2ccc([N+](=O)[O-])cc2S(=O)(=O)N2CCN(CCO)CC2)CC1. The van der Waals surface area contributed by atoms with Gasteiger partial charge in [0.2, 0.25) is 10.0 Å². The number of non-ortho nitro benzene ring substituents is 1. The number of nitrogens with zero attached hydrogens (tertiary/aromatic N) is 5. The maximum atomic E-state index is 13.3. The zero-order valence-corrected chi connectivity index (χ0v) is 17.8. The fourth-order valence-corrected chi connectivity index (χ4v) is 5.12. The summed E-state index contributed by atoms with van der Waals surface area (Å²) in [5.41, 5.74) is 3.71. The topological polar surface area (TPSA) is 132 Å². The highest BCUT2D eigenvalue weighted by molar-refractivity contribution is 7.89. The van der Waals surface area contributed by atoms with Crippen LogP contribution < -0.4 is 5.43 Å². The zero-order valence-electron chi connectivity index (χ0n) is 17.0. The highest BCUT2D eigenvalue weighted by atomic mass is 32.2. The van der Waals surface area contributed by atoms with Crippen molar-refractivity contribution in [3.8, 4) is 0 Å². The van der Waals surface area contributed by atoms with E-state index in [4.69, 9.17) is 5.11 Å². The summed E-state index contributed by atoms with van der Waals surface area (Å²) in [5, 5.41) is 24.7. The van der Waals surface area contributed by atoms with Crippen molar-refractivity contribution in [2.75, 3.05) is 64.9 Å². The Morgan fingerprint density at radius 3 is 2.43 bits per heavy atom. The lowest BCUT2D eigenvalue weighted by Crippen LogP contribution is -2.49. The first-order valence-corrected chi connectivity index (χ1v) is 11.4. The maximum absolute atomic E-state index is 13.3. The molecule has 12 heteroatoms. The third kappa shape index (κ3) is 5.32. The molecular weight excluding hydrogens is 412 g/mol. The molecule has 0 saturated carbocycles. The predicted octanol–water partition coefficient (Wildman–Crippen LogP) is 0.387. The Morgan fingerprint density at radius 1 is 1.17 bits per heavy atom. The number of hydrogen-bond donors (Lipinski definition) is 2. The smallest absolute Gasteiger partial charge is 0.270 e. The number of nitrogens with one attached hydrogen (secondary N) is 1. The molecule has 2 aliphatic rings. The van der Waals surface area contributed by atoms with Crippen LogP contribution in [0.4, 0.5) is 11.4 Å².